The normalized spacial score (nSPS) is 26.9. The number of unbranched alkanes of at least 4 members (excludes halogenated alkanes) is 3. The summed E-state index contributed by atoms with van der Waals surface area (Å²) >= 11 is 0. The predicted octanol–water partition coefficient (Wildman–Crippen LogP) is 2.91. The Bertz CT molecular complexity index is 461. The van der Waals surface area contributed by atoms with Crippen LogP contribution >= 0.6 is 0 Å². The fourth-order valence-electron chi connectivity index (χ4n) is 3.38. The molecule has 122 valence electrons. The van der Waals surface area contributed by atoms with Crippen molar-refractivity contribution < 1.29 is 9.47 Å². The highest BCUT2D eigenvalue weighted by atomic mass is 16.5. The molecule has 0 aliphatic carbocycles. The number of hydrogen-bond donors (Lipinski definition) is 0. The first-order valence-corrected chi connectivity index (χ1v) is 8.69. The number of nitrogens with zero attached hydrogens (tertiary/aromatic N) is 3. The lowest BCUT2D eigenvalue weighted by Crippen LogP contribution is -2.52. The fourth-order valence-corrected chi connectivity index (χ4v) is 3.38. The maximum absolute atomic E-state index is 6.16. The Hall–Kier alpha value is -1.36. The number of ether oxygens (including phenoxy) is 2. The van der Waals surface area contributed by atoms with E-state index in [0.29, 0.717) is 24.3 Å². The topological polar surface area (TPSA) is 47.5 Å². The molecular weight excluding hydrogens is 278 g/mol. The van der Waals surface area contributed by atoms with Crippen LogP contribution in [-0.4, -0.2) is 47.2 Å². The van der Waals surface area contributed by atoms with Crippen molar-refractivity contribution in [2.24, 2.45) is 5.92 Å². The number of aromatic nitrogens is 2. The van der Waals surface area contributed by atoms with Crippen LogP contribution in [0.3, 0.4) is 0 Å². The van der Waals surface area contributed by atoms with Crippen molar-refractivity contribution in [2.45, 2.75) is 51.6 Å². The molecule has 0 saturated carbocycles. The molecule has 1 unspecified atom stereocenters. The molecule has 1 aromatic heterocycles. The van der Waals surface area contributed by atoms with Gasteiger partial charge in [-0.1, -0.05) is 26.2 Å². The lowest BCUT2D eigenvalue weighted by molar-refractivity contribution is -0.0118. The Morgan fingerprint density at radius 1 is 1.09 bits per heavy atom. The first-order valence-electron chi connectivity index (χ1n) is 8.69. The average molecular weight is 305 g/mol. The van der Waals surface area contributed by atoms with Crippen LogP contribution in [0.2, 0.25) is 0 Å². The zero-order valence-electron chi connectivity index (χ0n) is 13.5. The number of piperidine rings is 3. The third-order valence-electron chi connectivity index (χ3n) is 4.73. The van der Waals surface area contributed by atoms with E-state index in [1.165, 1.54) is 45.2 Å². The zero-order chi connectivity index (χ0) is 15.2. The fraction of sp³-hybridized carbons (Fsp3) is 0.765. The Balaban J connectivity index is 1.54. The molecule has 1 aromatic rings. The molecule has 5 nitrogen and oxygen atoms in total. The van der Waals surface area contributed by atoms with E-state index in [1.54, 1.807) is 12.4 Å². The predicted molar refractivity (Wildman–Crippen MR) is 85.2 cm³/mol. The van der Waals surface area contributed by atoms with Crippen LogP contribution in [0.5, 0.6) is 11.8 Å². The van der Waals surface area contributed by atoms with Crippen LogP contribution in [0, 0.1) is 5.92 Å². The first-order chi connectivity index (χ1) is 10.9. The molecule has 4 heterocycles. The van der Waals surface area contributed by atoms with Gasteiger partial charge in [0.1, 0.15) is 6.10 Å². The highest BCUT2D eigenvalue weighted by Crippen LogP contribution is 2.32. The van der Waals surface area contributed by atoms with Gasteiger partial charge in [0, 0.05) is 18.9 Å². The third kappa shape index (κ3) is 3.88. The van der Waals surface area contributed by atoms with Gasteiger partial charge in [0.15, 0.2) is 0 Å². The van der Waals surface area contributed by atoms with Crippen molar-refractivity contribution in [2.75, 3.05) is 26.2 Å². The van der Waals surface area contributed by atoms with E-state index in [9.17, 15) is 0 Å². The largest absolute Gasteiger partial charge is 0.474 e. The third-order valence-corrected chi connectivity index (χ3v) is 4.73. The Labute approximate surface area is 133 Å². The van der Waals surface area contributed by atoms with E-state index in [1.807, 2.05) is 0 Å². The van der Waals surface area contributed by atoms with Gasteiger partial charge < -0.3 is 9.47 Å². The van der Waals surface area contributed by atoms with Gasteiger partial charge in [0.2, 0.25) is 0 Å². The van der Waals surface area contributed by atoms with Gasteiger partial charge >= 0.3 is 0 Å². The average Bonchev–Trinajstić information content (AvgIpc) is 2.57. The van der Waals surface area contributed by atoms with Crippen molar-refractivity contribution in [1.82, 2.24) is 14.9 Å². The molecule has 22 heavy (non-hydrogen) atoms. The van der Waals surface area contributed by atoms with Crippen LogP contribution in [0.4, 0.5) is 0 Å². The van der Waals surface area contributed by atoms with Crippen LogP contribution < -0.4 is 9.47 Å². The Morgan fingerprint density at radius 3 is 2.55 bits per heavy atom. The van der Waals surface area contributed by atoms with Crippen molar-refractivity contribution in [3.05, 3.63) is 12.4 Å². The maximum Gasteiger partial charge on any atom is 0.278 e. The summed E-state index contributed by atoms with van der Waals surface area (Å²) < 4.78 is 12.0. The van der Waals surface area contributed by atoms with E-state index in [2.05, 4.69) is 21.8 Å². The minimum Gasteiger partial charge on any atom is -0.474 e. The minimum absolute atomic E-state index is 0.238. The van der Waals surface area contributed by atoms with Crippen LogP contribution in [-0.2, 0) is 0 Å². The summed E-state index contributed by atoms with van der Waals surface area (Å²) in [5.41, 5.74) is 0. The number of rotatable bonds is 8. The zero-order valence-corrected chi connectivity index (χ0v) is 13.5. The first kappa shape index (κ1) is 15.5. The quantitative estimate of drug-likeness (QED) is 0.691. The van der Waals surface area contributed by atoms with Crippen molar-refractivity contribution in [3.63, 3.8) is 0 Å². The van der Waals surface area contributed by atoms with Crippen molar-refractivity contribution in [1.29, 1.82) is 0 Å². The molecule has 1 atom stereocenters. The van der Waals surface area contributed by atoms with Gasteiger partial charge in [-0.3, -0.25) is 4.90 Å². The highest BCUT2D eigenvalue weighted by molar-refractivity contribution is 5.24. The SMILES string of the molecule is CCCCCCOc1nccnc1OC1CN2CCC1CC2. The molecule has 5 heteroatoms. The van der Waals surface area contributed by atoms with Gasteiger partial charge in [-0.05, 0) is 38.3 Å². The standard InChI is InChI=1S/C17H27N3O2/c1-2-3-4-5-12-21-16-17(19-9-8-18-16)22-15-13-20-10-6-14(15)7-11-20/h8-9,14-15H,2-7,10-13H2,1H3. The molecule has 2 bridgehead atoms. The van der Waals surface area contributed by atoms with Gasteiger partial charge in [-0.25, -0.2) is 9.97 Å². The molecule has 0 spiro atoms. The molecule has 3 saturated heterocycles. The second-order valence-corrected chi connectivity index (χ2v) is 6.37. The van der Waals surface area contributed by atoms with Crippen molar-refractivity contribution >= 4 is 0 Å². The summed E-state index contributed by atoms with van der Waals surface area (Å²) in [6.45, 7) is 6.34. The summed E-state index contributed by atoms with van der Waals surface area (Å²) in [6, 6.07) is 0. The molecule has 3 aliphatic heterocycles. The summed E-state index contributed by atoms with van der Waals surface area (Å²) in [4.78, 5) is 11.1. The molecule has 0 aromatic carbocycles. The van der Waals surface area contributed by atoms with Gasteiger partial charge in [-0.15, -0.1) is 0 Å². The lowest BCUT2D eigenvalue weighted by Gasteiger charge is -2.44. The Kier molecular flexibility index (Phi) is 5.48. The van der Waals surface area contributed by atoms with Gasteiger partial charge in [-0.2, -0.15) is 0 Å². The molecule has 0 amide bonds. The lowest BCUT2D eigenvalue weighted by atomic mass is 9.86. The van der Waals surface area contributed by atoms with Crippen LogP contribution in [0.1, 0.15) is 45.4 Å². The Morgan fingerprint density at radius 2 is 1.86 bits per heavy atom. The number of fused-ring (bicyclic) bond motifs is 3. The van der Waals surface area contributed by atoms with Gasteiger partial charge in [0.05, 0.1) is 6.61 Å². The minimum atomic E-state index is 0.238. The molecule has 3 aliphatic rings. The summed E-state index contributed by atoms with van der Waals surface area (Å²) in [5.74, 6) is 1.77. The molecule has 0 N–H and O–H groups in total. The maximum atomic E-state index is 6.16. The molecule has 4 rings (SSSR count). The van der Waals surface area contributed by atoms with Crippen LogP contribution in [0.15, 0.2) is 12.4 Å². The number of hydrogen-bond acceptors (Lipinski definition) is 5. The van der Waals surface area contributed by atoms with E-state index >= 15 is 0 Å². The van der Waals surface area contributed by atoms with E-state index in [4.69, 9.17) is 9.47 Å². The second kappa shape index (κ2) is 7.77. The van der Waals surface area contributed by atoms with Crippen molar-refractivity contribution in [3.8, 4) is 11.8 Å². The summed E-state index contributed by atoms with van der Waals surface area (Å²) in [7, 11) is 0. The molecular formula is C17H27N3O2. The summed E-state index contributed by atoms with van der Waals surface area (Å²) in [6.07, 6.45) is 10.8. The highest BCUT2D eigenvalue weighted by Gasteiger charge is 2.36. The molecule has 3 fully saturated rings. The van der Waals surface area contributed by atoms with E-state index in [0.717, 1.165) is 13.0 Å². The monoisotopic (exact) mass is 305 g/mol. The van der Waals surface area contributed by atoms with Crippen LogP contribution in [0.25, 0.3) is 0 Å². The van der Waals surface area contributed by atoms with E-state index < -0.39 is 0 Å². The smallest absolute Gasteiger partial charge is 0.278 e. The van der Waals surface area contributed by atoms with Gasteiger partial charge in [0.25, 0.3) is 11.8 Å². The summed E-state index contributed by atoms with van der Waals surface area (Å²) in [5, 5.41) is 0. The molecule has 0 radical (unpaired) electrons. The van der Waals surface area contributed by atoms with E-state index in [-0.39, 0.29) is 6.10 Å². The second-order valence-electron chi connectivity index (χ2n) is 6.37.